The smallest absolute Gasteiger partial charge is 0.116 e. The van der Waals surface area contributed by atoms with E-state index in [4.69, 9.17) is 4.79 Å². The number of carbonyl (C=O) groups excluding carboxylic acids is 1. The zero-order valence-electron chi connectivity index (χ0n) is 18.1. The second-order valence-electron chi connectivity index (χ2n) is 6.43. The second-order valence-corrected chi connectivity index (χ2v) is 6.43. The highest BCUT2D eigenvalue weighted by Crippen LogP contribution is 2.06. The molecule has 0 saturated carbocycles. The number of aldehydes is 1. The maximum absolute atomic E-state index is 8.81. The van der Waals surface area contributed by atoms with Gasteiger partial charge >= 0.3 is 0 Å². The standard InChI is InChI=1S/C9H12.C5H12.C4H10.C2H4O.C2H6/c1-7-4-8(2)6-9(3)5-7;1-4-5(2)3;1-4(2)3;1-2-3;1-2/h4-6H,1-3H3;5H,4H2,1-3H3;4H,1-3H3;2H,1H3;1-2H3. The highest BCUT2D eigenvalue weighted by atomic mass is 16.1. The molecule has 0 fully saturated rings. The predicted molar refractivity (Wildman–Crippen MR) is 109 cm³/mol. The summed E-state index contributed by atoms with van der Waals surface area (Å²) in [6.45, 7) is 25.0. The number of aryl methyl sites for hydroxylation is 3. The van der Waals surface area contributed by atoms with E-state index in [1.807, 2.05) is 13.8 Å². The molecule has 0 radical (unpaired) electrons. The summed E-state index contributed by atoms with van der Waals surface area (Å²) in [5.74, 6) is 1.72. The molecule has 0 aliphatic rings. The van der Waals surface area contributed by atoms with Crippen molar-refractivity contribution in [2.75, 3.05) is 0 Å². The molecular formula is C22H44O. The van der Waals surface area contributed by atoms with Gasteiger partial charge in [0, 0.05) is 0 Å². The topological polar surface area (TPSA) is 17.1 Å². The first-order valence-electron chi connectivity index (χ1n) is 9.05. The van der Waals surface area contributed by atoms with E-state index in [0.717, 1.165) is 18.1 Å². The van der Waals surface area contributed by atoms with Gasteiger partial charge in [0.2, 0.25) is 0 Å². The zero-order valence-corrected chi connectivity index (χ0v) is 18.1. The molecule has 0 aromatic heterocycles. The maximum Gasteiger partial charge on any atom is 0.116 e. The van der Waals surface area contributed by atoms with Crippen molar-refractivity contribution in [3.8, 4) is 0 Å². The first-order chi connectivity index (χ1) is 10.6. The predicted octanol–water partition coefficient (Wildman–Crippen LogP) is 7.56. The summed E-state index contributed by atoms with van der Waals surface area (Å²) in [6.07, 6.45) is 2.06. The Hall–Kier alpha value is -1.11. The van der Waals surface area contributed by atoms with Crippen LogP contribution in [0.5, 0.6) is 0 Å². The van der Waals surface area contributed by atoms with Crippen molar-refractivity contribution >= 4 is 6.29 Å². The van der Waals surface area contributed by atoms with E-state index in [2.05, 4.69) is 80.5 Å². The molecule has 1 rings (SSSR count). The third-order valence-corrected chi connectivity index (χ3v) is 2.18. The molecule has 0 bridgehead atoms. The van der Waals surface area contributed by atoms with E-state index < -0.39 is 0 Å². The van der Waals surface area contributed by atoms with Crippen LogP contribution in [-0.2, 0) is 4.79 Å². The highest BCUT2D eigenvalue weighted by molar-refractivity contribution is 5.44. The van der Waals surface area contributed by atoms with Gasteiger partial charge in [-0.05, 0) is 39.5 Å². The van der Waals surface area contributed by atoms with Crippen LogP contribution in [0, 0.1) is 32.6 Å². The zero-order chi connectivity index (χ0) is 19.4. The Balaban J connectivity index is -0.000000111. The minimum absolute atomic E-state index is 0.750. The van der Waals surface area contributed by atoms with Crippen molar-refractivity contribution in [1.29, 1.82) is 0 Å². The summed E-state index contributed by atoms with van der Waals surface area (Å²) in [7, 11) is 0. The van der Waals surface area contributed by atoms with Gasteiger partial charge < -0.3 is 4.79 Å². The Morgan fingerprint density at radius 3 is 1.04 bits per heavy atom. The van der Waals surface area contributed by atoms with Gasteiger partial charge in [-0.15, -0.1) is 0 Å². The molecule has 1 heteroatoms. The van der Waals surface area contributed by atoms with Crippen molar-refractivity contribution in [3.05, 3.63) is 34.9 Å². The average molecular weight is 325 g/mol. The molecule has 0 aliphatic carbocycles. The van der Waals surface area contributed by atoms with Crippen molar-refractivity contribution in [2.45, 2.75) is 89.5 Å². The number of hydrogen-bond donors (Lipinski definition) is 0. The molecule has 0 unspecified atom stereocenters. The largest absolute Gasteiger partial charge is 0.304 e. The quantitative estimate of drug-likeness (QED) is 0.487. The van der Waals surface area contributed by atoms with Gasteiger partial charge in [0.05, 0.1) is 0 Å². The lowest BCUT2D eigenvalue weighted by Crippen LogP contribution is -1.78. The van der Waals surface area contributed by atoms with Crippen LogP contribution in [0.2, 0.25) is 0 Å². The molecule has 0 amide bonds. The molecule has 0 heterocycles. The lowest BCUT2D eigenvalue weighted by Gasteiger charge is -1.96. The van der Waals surface area contributed by atoms with Crippen LogP contribution in [0.4, 0.5) is 0 Å². The maximum atomic E-state index is 8.81. The fourth-order valence-electron chi connectivity index (χ4n) is 1.20. The van der Waals surface area contributed by atoms with Gasteiger partial charge in [-0.2, -0.15) is 0 Å². The van der Waals surface area contributed by atoms with Crippen LogP contribution in [0.15, 0.2) is 18.2 Å². The summed E-state index contributed by atoms with van der Waals surface area (Å²) >= 11 is 0. The lowest BCUT2D eigenvalue weighted by molar-refractivity contribution is -0.106. The van der Waals surface area contributed by atoms with Crippen LogP contribution in [0.1, 0.15) is 85.4 Å². The van der Waals surface area contributed by atoms with Gasteiger partial charge in [-0.3, -0.25) is 0 Å². The molecule has 0 saturated heterocycles. The number of carbonyl (C=O) groups is 1. The van der Waals surface area contributed by atoms with Crippen molar-refractivity contribution in [2.24, 2.45) is 11.8 Å². The van der Waals surface area contributed by atoms with Gasteiger partial charge in [0.1, 0.15) is 6.29 Å². The monoisotopic (exact) mass is 324 g/mol. The molecular weight excluding hydrogens is 280 g/mol. The summed E-state index contributed by atoms with van der Waals surface area (Å²) in [6, 6.07) is 6.56. The Morgan fingerprint density at radius 1 is 0.826 bits per heavy atom. The van der Waals surface area contributed by atoms with Crippen molar-refractivity contribution in [3.63, 3.8) is 0 Å². The van der Waals surface area contributed by atoms with E-state index in [-0.39, 0.29) is 0 Å². The van der Waals surface area contributed by atoms with Crippen molar-refractivity contribution in [1.82, 2.24) is 0 Å². The second kappa shape index (κ2) is 23.2. The number of rotatable bonds is 1. The van der Waals surface area contributed by atoms with Gasteiger partial charge in [0.15, 0.2) is 0 Å². The Morgan fingerprint density at radius 2 is 0.957 bits per heavy atom. The van der Waals surface area contributed by atoms with Gasteiger partial charge in [-0.1, -0.05) is 96.7 Å². The van der Waals surface area contributed by atoms with Crippen LogP contribution >= 0.6 is 0 Å². The first kappa shape index (κ1) is 29.8. The minimum atomic E-state index is 0.750. The molecule has 1 nitrogen and oxygen atoms in total. The number of benzene rings is 1. The van der Waals surface area contributed by atoms with E-state index in [1.165, 1.54) is 30.0 Å². The molecule has 23 heavy (non-hydrogen) atoms. The normalized spacial score (nSPS) is 8.26. The van der Waals surface area contributed by atoms with Crippen LogP contribution in [-0.4, -0.2) is 6.29 Å². The fraction of sp³-hybridized carbons (Fsp3) is 0.682. The van der Waals surface area contributed by atoms with E-state index >= 15 is 0 Å². The molecule has 1 aromatic rings. The molecule has 0 N–H and O–H groups in total. The van der Waals surface area contributed by atoms with Crippen LogP contribution in [0.25, 0.3) is 0 Å². The fourth-order valence-corrected chi connectivity index (χ4v) is 1.20. The summed E-state index contributed by atoms with van der Waals surface area (Å²) in [5.41, 5.74) is 4.06. The average Bonchev–Trinajstić information content (AvgIpc) is 2.40. The lowest BCUT2D eigenvalue weighted by atomic mass is 10.1. The van der Waals surface area contributed by atoms with Gasteiger partial charge in [-0.25, -0.2) is 0 Å². The molecule has 0 atom stereocenters. The van der Waals surface area contributed by atoms with Crippen molar-refractivity contribution < 1.29 is 4.79 Å². The Bertz CT molecular complexity index is 285. The summed E-state index contributed by atoms with van der Waals surface area (Å²) in [4.78, 5) is 8.81. The molecule has 0 aliphatic heterocycles. The third kappa shape index (κ3) is 44.9. The SMILES string of the molecule is CC.CC(C)C.CC=O.CCC(C)C.Cc1cc(C)cc(C)c1. The van der Waals surface area contributed by atoms with E-state index in [1.54, 1.807) is 0 Å². The van der Waals surface area contributed by atoms with E-state index in [9.17, 15) is 0 Å². The minimum Gasteiger partial charge on any atom is -0.304 e. The van der Waals surface area contributed by atoms with Crippen LogP contribution in [0.3, 0.4) is 0 Å². The third-order valence-electron chi connectivity index (χ3n) is 2.18. The van der Waals surface area contributed by atoms with Gasteiger partial charge in [0.25, 0.3) is 0 Å². The molecule has 1 aromatic carbocycles. The molecule has 138 valence electrons. The van der Waals surface area contributed by atoms with Crippen LogP contribution < -0.4 is 0 Å². The number of hydrogen-bond acceptors (Lipinski definition) is 1. The highest BCUT2D eigenvalue weighted by Gasteiger charge is 1.87. The Kier molecular flexibility index (Phi) is 30.1. The summed E-state index contributed by atoms with van der Waals surface area (Å²) < 4.78 is 0. The Labute approximate surface area is 147 Å². The first-order valence-corrected chi connectivity index (χ1v) is 9.05. The molecule has 0 spiro atoms. The summed E-state index contributed by atoms with van der Waals surface area (Å²) in [5, 5.41) is 0. The van der Waals surface area contributed by atoms with E-state index in [0.29, 0.717) is 0 Å².